The van der Waals surface area contributed by atoms with Crippen LogP contribution in [-0.2, 0) is 10.0 Å². The number of halogens is 1. The third kappa shape index (κ3) is 5.57. The average molecular weight is 474 g/mol. The zero-order valence-electron chi connectivity index (χ0n) is 16.9. The summed E-state index contributed by atoms with van der Waals surface area (Å²) in [6, 6.07) is 18.1. The van der Waals surface area contributed by atoms with Crippen LogP contribution < -0.4 is 14.9 Å². The lowest BCUT2D eigenvalue weighted by molar-refractivity contribution is 0.102. The van der Waals surface area contributed by atoms with Crippen molar-refractivity contribution in [3.63, 3.8) is 0 Å². The minimum atomic E-state index is -3.90. The van der Waals surface area contributed by atoms with Crippen LogP contribution in [-0.4, -0.2) is 32.1 Å². The van der Waals surface area contributed by atoms with Gasteiger partial charge in [-0.25, -0.2) is 13.2 Å². The Bertz CT molecular complexity index is 1250. The number of benzene rings is 3. The van der Waals surface area contributed by atoms with Gasteiger partial charge in [-0.2, -0.15) is 0 Å². The minimum Gasteiger partial charge on any atom is -0.465 e. The fourth-order valence-corrected chi connectivity index (χ4v) is 4.15. The Morgan fingerprint density at radius 3 is 2.31 bits per heavy atom. The molecule has 0 radical (unpaired) electrons. The molecule has 0 unspecified atom stereocenters. The fraction of sp³-hybridized carbons (Fsp3) is 0.0909. The number of nitrogens with zero attached hydrogens (tertiary/aromatic N) is 1. The highest BCUT2D eigenvalue weighted by molar-refractivity contribution is 7.92. The van der Waals surface area contributed by atoms with Crippen molar-refractivity contribution in [3.8, 4) is 0 Å². The van der Waals surface area contributed by atoms with Crippen molar-refractivity contribution in [2.24, 2.45) is 0 Å². The monoisotopic (exact) mass is 473 g/mol. The Hall–Kier alpha value is -3.56. The molecular formula is C22H20ClN3O5S. The number of amides is 2. The van der Waals surface area contributed by atoms with Crippen molar-refractivity contribution in [2.45, 2.75) is 11.8 Å². The van der Waals surface area contributed by atoms with Gasteiger partial charge in [-0.1, -0.05) is 23.7 Å². The summed E-state index contributed by atoms with van der Waals surface area (Å²) in [5, 5.41) is 12.4. The van der Waals surface area contributed by atoms with Crippen LogP contribution in [0.2, 0.25) is 5.02 Å². The van der Waals surface area contributed by atoms with Gasteiger partial charge in [-0.3, -0.25) is 14.4 Å². The van der Waals surface area contributed by atoms with Gasteiger partial charge in [0.25, 0.3) is 15.9 Å². The number of carbonyl (C=O) groups excluding carboxylic acids is 1. The van der Waals surface area contributed by atoms with E-state index in [9.17, 15) is 23.1 Å². The van der Waals surface area contributed by atoms with Crippen molar-refractivity contribution in [1.29, 1.82) is 0 Å². The standard InChI is InChI=1S/C22H20ClN3O5S/c1-2-26(22(28)29)19-7-3-5-15(13-19)21(27)24-18-6-4-8-20(14-18)32(30,31)25-17-11-9-16(23)10-12-17/h3-14,25H,2H2,1H3,(H,24,27)(H,28,29). The predicted octanol–water partition coefficient (Wildman–Crippen LogP) is 4.90. The smallest absolute Gasteiger partial charge is 0.411 e. The quantitative estimate of drug-likeness (QED) is 0.451. The Morgan fingerprint density at radius 2 is 1.66 bits per heavy atom. The second-order valence-corrected chi connectivity index (χ2v) is 8.79. The summed E-state index contributed by atoms with van der Waals surface area (Å²) in [5.74, 6) is -0.506. The lowest BCUT2D eigenvalue weighted by atomic mass is 10.1. The second kappa shape index (κ2) is 9.71. The number of rotatable bonds is 7. The van der Waals surface area contributed by atoms with E-state index < -0.39 is 22.0 Å². The number of nitrogens with one attached hydrogen (secondary N) is 2. The molecule has 3 aromatic rings. The molecule has 166 valence electrons. The molecule has 32 heavy (non-hydrogen) atoms. The molecule has 3 rings (SSSR count). The molecule has 3 aromatic carbocycles. The maximum absolute atomic E-state index is 12.7. The van der Waals surface area contributed by atoms with Crippen LogP contribution in [0.25, 0.3) is 0 Å². The first kappa shape index (κ1) is 23.1. The highest BCUT2D eigenvalue weighted by Gasteiger charge is 2.17. The number of anilines is 3. The lowest BCUT2D eigenvalue weighted by Crippen LogP contribution is -2.28. The van der Waals surface area contributed by atoms with E-state index in [1.807, 2.05) is 0 Å². The van der Waals surface area contributed by atoms with Gasteiger partial charge in [-0.15, -0.1) is 0 Å². The summed E-state index contributed by atoms with van der Waals surface area (Å²) in [6.07, 6.45) is -1.13. The van der Waals surface area contributed by atoms with E-state index in [1.165, 1.54) is 42.5 Å². The van der Waals surface area contributed by atoms with E-state index >= 15 is 0 Å². The molecule has 0 heterocycles. The molecule has 0 saturated heterocycles. The highest BCUT2D eigenvalue weighted by atomic mass is 35.5. The zero-order chi connectivity index (χ0) is 23.3. The molecule has 0 bridgehead atoms. The zero-order valence-corrected chi connectivity index (χ0v) is 18.5. The third-order valence-corrected chi connectivity index (χ3v) is 6.10. The molecule has 0 aliphatic rings. The summed E-state index contributed by atoms with van der Waals surface area (Å²) >= 11 is 5.82. The van der Waals surface area contributed by atoms with Gasteiger partial charge in [0, 0.05) is 34.2 Å². The highest BCUT2D eigenvalue weighted by Crippen LogP contribution is 2.22. The van der Waals surface area contributed by atoms with E-state index in [-0.39, 0.29) is 22.7 Å². The SMILES string of the molecule is CCN(C(=O)O)c1cccc(C(=O)Nc2cccc(S(=O)(=O)Nc3ccc(Cl)cc3)c2)c1. The summed E-state index contributed by atoms with van der Waals surface area (Å²) in [6.45, 7) is 1.91. The maximum atomic E-state index is 12.7. The largest absolute Gasteiger partial charge is 0.465 e. The van der Waals surface area contributed by atoms with Gasteiger partial charge in [0.1, 0.15) is 0 Å². The molecule has 0 spiro atoms. The average Bonchev–Trinajstić information content (AvgIpc) is 2.76. The van der Waals surface area contributed by atoms with Crippen molar-refractivity contribution < 1.29 is 23.1 Å². The molecular weight excluding hydrogens is 454 g/mol. The molecule has 0 atom stereocenters. The van der Waals surface area contributed by atoms with Gasteiger partial charge in [0.05, 0.1) is 4.90 Å². The summed E-state index contributed by atoms with van der Waals surface area (Å²) in [5.41, 5.74) is 1.20. The first-order chi connectivity index (χ1) is 15.2. The predicted molar refractivity (Wildman–Crippen MR) is 124 cm³/mol. The molecule has 10 heteroatoms. The number of sulfonamides is 1. The van der Waals surface area contributed by atoms with E-state index in [0.29, 0.717) is 16.4 Å². The number of hydrogen-bond acceptors (Lipinski definition) is 4. The molecule has 0 fully saturated rings. The fourth-order valence-electron chi connectivity index (χ4n) is 2.92. The van der Waals surface area contributed by atoms with Gasteiger partial charge >= 0.3 is 6.09 Å². The summed E-state index contributed by atoms with van der Waals surface area (Å²) in [7, 11) is -3.90. The van der Waals surface area contributed by atoms with Crippen LogP contribution in [0, 0.1) is 0 Å². The number of carboxylic acid groups (broad SMARTS) is 1. The second-order valence-electron chi connectivity index (χ2n) is 6.67. The minimum absolute atomic E-state index is 0.0398. The van der Waals surface area contributed by atoms with Crippen LogP contribution in [0.1, 0.15) is 17.3 Å². The summed E-state index contributed by atoms with van der Waals surface area (Å²) in [4.78, 5) is 25.1. The van der Waals surface area contributed by atoms with Crippen LogP contribution in [0.5, 0.6) is 0 Å². The molecule has 0 aromatic heterocycles. The van der Waals surface area contributed by atoms with Crippen molar-refractivity contribution in [1.82, 2.24) is 0 Å². The van der Waals surface area contributed by atoms with Crippen LogP contribution in [0.15, 0.2) is 77.7 Å². The van der Waals surface area contributed by atoms with E-state index in [1.54, 1.807) is 37.3 Å². The maximum Gasteiger partial charge on any atom is 0.411 e. The number of carbonyl (C=O) groups is 2. The Morgan fingerprint density at radius 1 is 0.969 bits per heavy atom. The molecule has 0 aliphatic carbocycles. The first-order valence-electron chi connectivity index (χ1n) is 9.50. The first-order valence-corrected chi connectivity index (χ1v) is 11.4. The van der Waals surface area contributed by atoms with E-state index in [2.05, 4.69) is 10.0 Å². The van der Waals surface area contributed by atoms with Crippen molar-refractivity contribution >= 4 is 50.7 Å². The van der Waals surface area contributed by atoms with Gasteiger partial charge < -0.3 is 10.4 Å². The van der Waals surface area contributed by atoms with Crippen LogP contribution in [0.4, 0.5) is 21.9 Å². The van der Waals surface area contributed by atoms with Crippen LogP contribution in [0.3, 0.4) is 0 Å². The Kier molecular flexibility index (Phi) is 7.01. The molecule has 2 amide bonds. The number of hydrogen-bond donors (Lipinski definition) is 3. The topological polar surface area (TPSA) is 116 Å². The van der Waals surface area contributed by atoms with E-state index in [4.69, 9.17) is 11.6 Å². The molecule has 8 nitrogen and oxygen atoms in total. The molecule has 0 aliphatic heterocycles. The van der Waals surface area contributed by atoms with Crippen molar-refractivity contribution in [2.75, 3.05) is 21.5 Å². The van der Waals surface area contributed by atoms with Gasteiger partial charge in [0.2, 0.25) is 0 Å². The van der Waals surface area contributed by atoms with Crippen molar-refractivity contribution in [3.05, 3.63) is 83.4 Å². The normalized spacial score (nSPS) is 10.9. The van der Waals surface area contributed by atoms with Gasteiger partial charge in [-0.05, 0) is 67.6 Å². The summed E-state index contributed by atoms with van der Waals surface area (Å²) < 4.78 is 27.8. The Labute approximate surface area is 190 Å². The third-order valence-electron chi connectivity index (χ3n) is 4.47. The Balaban J connectivity index is 1.79. The van der Waals surface area contributed by atoms with Gasteiger partial charge in [0.15, 0.2) is 0 Å². The van der Waals surface area contributed by atoms with Crippen LogP contribution >= 0.6 is 11.6 Å². The molecule has 3 N–H and O–H groups in total. The molecule has 0 saturated carbocycles. The lowest BCUT2D eigenvalue weighted by Gasteiger charge is -2.17. The van der Waals surface area contributed by atoms with E-state index in [0.717, 1.165) is 4.90 Å².